The molecule has 0 saturated carbocycles. The predicted octanol–water partition coefficient (Wildman–Crippen LogP) is 7.86. The summed E-state index contributed by atoms with van der Waals surface area (Å²) in [5.41, 5.74) is 3.52. The standard InChI is InChI=1S/C26H19Cl2F3N4OS/c1-37-24-14-33-23-11-17(4-7-22(23)34-24)16-2-5-19(6-3-16)35(15-26(29,30)31)20-10-18(13-32)25(21(28)12-20)36-9-8-27/h2-7,10-12,14H,8-9,15H2,1H3. The Hall–Kier alpha value is -3.19. The molecule has 0 atom stereocenters. The minimum absolute atomic E-state index is 0.0123. The molecule has 5 nitrogen and oxygen atoms in total. The van der Waals surface area contributed by atoms with Crippen LogP contribution in [0.1, 0.15) is 5.56 Å². The third-order valence-corrected chi connectivity index (χ3v) is 6.41. The number of benzene rings is 3. The Balaban J connectivity index is 1.70. The van der Waals surface area contributed by atoms with Gasteiger partial charge in [-0.15, -0.1) is 23.4 Å². The van der Waals surface area contributed by atoms with Crippen LogP contribution in [0.15, 0.2) is 65.8 Å². The Morgan fingerprint density at radius 3 is 2.41 bits per heavy atom. The minimum atomic E-state index is -4.52. The Morgan fingerprint density at radius 2 is 1.76 bits per heavy atom. The second kappa shape index (κ2) is 11.5. The van der Waals surface area contributed by atoms with Gasteiger partial charge in [-0.3, -0.25) is 4.98 Å². The van der Waals surface area contributed by atoms with Crippen LogP contribution in [0, 0.1) is 11.3 Å². The average molecular weight is 563 g/mol. The molecule has 0 aliphatic heterocycles. The third kappa shape index (κ3) is 6.39. The first-order valence-electron chi connectivity index (χ1n) is 10.9. The molecule has 0 saturated heterocycles. The second-order valence-electron chi connectivity index (χ2n) is 7.82. The van der Waals surface area contributed by atoms with Crippen molar-refractivity contribution in [1.29, 1.82) is 5.26 Å². The molecule has 0 fully saturated rings. The van der Waals surface area contributed by atoms with E-state index in [0.717, 1.165) is 26.6 Å². The van der Waals surface area contributed by atoms with E-state index in [4.69, 9.17) is 27.9 Å². The van der Waals surface area contributed by atoms with E-state index >= 15 is 0 Å². The smallest absolute Gasteiger partial charge is 0.406 e. The number of thioether (sulfide) groups is 1. The van der Waals surface area contributed by atoms with Gasteiger partial charge in [-0.2, -0.15) is 18.4 Å². The quantitative estimate of drug-likeness (QED) is 0.161. The van der Waals surface area contributed by atoms with E-state index in [-0.39, 0.29) is 40.2 Å². The summed E-state index contributed by atoms with van der Waals surface area (Å²) in [4.78, 5) is 10.0. The number of anilines is 2. The molecule has 37 heavy (non-hydrogen) atoms. The summed E-state index contributed by atoms with van der Waals surface area (Å²) in [6.45, 7) is -1.18. The molecule has 0 aliphatic rings. The maximum absolute atomic E-state index is 13.6. The van der Waals surface area contributed by atoms with Crippen LogP contribution in [0.2, 0.25) is 5.02 Å². The molecular formula is C26H19Cl2F3N4OS. The third-order valence-electron chi connectivity index (χ3n) is 5.36. The molecule has 0 radical (unpaired) electrons. The molecule has 4 rings (SSSR count). The summed E-state index contributed by atoms with van der Waals surface area (Å²) < 4.78 is 46.1. The molecule has 0 spiro atoms. The number of nitrogens with zero attached hydrogens (tertiary/aromatic N) is 4. The average Bonchev–Trinajstić information content (AvgIpc) is 2.89. The van der Waals surface area contributed by atoms with Crippen molar-refractivity contribution in [3.8, 4) is 22.9 Å². The largest absolute Gasteiger partial charge is 0.489 e. The van der Waals surface area contributed by atoms with Gasteiger partial charge in [0, 0.05) is 11.4 Å². The summed E-state index contributed by atoms with van der Waals surface area (Å²) >= 11 is 13.4. The maximum atomic E-state index is 13.6. The van der Waals surface area contributed by atoms with Gasteiger partial charge in [0.25, 0.3) is 0 Å². The van der Waals surface area contributed by atoms with E-state index in [2.05, 4.69) is 9.97 Å². The number of nitriles is 1. The van der Waals surface area contributed by atoms with E-state index < -0.39 is 12.7 Å². The number of rotatable bonds is 8. The molecule has 1 heterocycles. The summed E-state index contributed by atoms with van der Waals surface area (Å²) in [5, 5.41) is 10.4. The van der Waals surface area contributed by atoms with Crippen molar-refractivity contribution in [2.24, 2.45) is 0 Å². The number of halogens is 5. The van der Waals surface area contributed by atoms with Crippen molar-refractivity contribution >= 4 is 57.4 Å². The predicted molar refractivity (Wildman–Crippen MR) is 142 cm³/mol. The molecule has 0 N–H and O–H groups in total. The fraction of sp³-hybridized carbons (Fsp3) is 0.192. The zero-order valence-electron chi connectivity index (χ0n) is 19.4. The van der Waals surface area contributed by atoms with Gasteiger partial charge in [0.05, 0.1) is 33.7 Å². The Labute approximate surface area is 225 Å². The number of alkyl halides is 4. The van der Waals surface area contributed by atoms with Gasteiger partial charge in [-0.05, 0) is 53.8 Å². The first kappa shape index (κ1) is 26.9. The van der Waals surface area contributed by atoms with Crippen LogP contribution in [0.5, 0.6) is 5.75 Å². The molecule has 4 aromatic rings. The van der Waals surface area contributed by atoms with Crippen LogP contribution >= 0.6 is 35.0 Å². The molecule has 0 aliphatic carbocycles. The van der Waals surface area contributed by atoms with Gasteiger partial charge in [-0.25, -0.2) is 4.98 Å². The van der Waals surface area contributed by atoms with Crippen LogP contribution in [0.4, 0.5) is 24.5 Å². The highest BCUT2D eigenvalue weighted by Crippen LogP contribution is 2.38. The maximum Gasteiger partial charge on any atom is 0.406 e. The molecule has 190 valence electrons. The summed E-state index contributed by atoms with van der Waals surface area (Å²) in [6, 6.07) is 16.9. The normalized spacial score (nSPS) is 11.4. The minimum Gasteiger partial charge on any atom is -0.489 e. The van der Waals surface area contributed by atoms with Crippen LogP contribution in [-0.4, -0.2) is 41.4 Å². The molecule has 1 aromatic heterocycles. The van der Waals surface area contributed by atoms with Crippen molar-refractivity contribution in [2.45, 2.75) is 11.2 Å². The van der Waals surface area contributed by atoms with Gasteiger partial charge in [0.2, 0.25) is 0 Å². The van der Waals surface area contributed by atoms with Crippen molar-refractivity contribution in [3.63, 3.8) is 0 Å². The van der Waals surface area contributed by atoms with E-state index in [0.29, 0.717) is 5.52 Å². The SMILES string of the molecule is CSc1cnc2cc(-c3ccc(N(CC(F)(F)F)c4cc(Cl)c(OCCCl)c(C#N)c4)cc3)ccc2n1. The van der Waals surface area contributed by atoms with E-state index in [9.17, 15) is 18.4 Å². The highest BCUT2D eigenvalue weighted by Gasteiger charge is 2.32. The molecule has 0 unspecified atom stereocenters. The number of aromatic nitrogens is 2. The lowest BCUT2D eigenvalue weighted by Gasteiger charge is -2.27. The lowest BCUT2D eigenvalue weighted by molar-refractivity contribution is -0.118. The first-order chi connectivity index (χ1) is 17.7. The van der Waals surface area contributed by atoms with Crippen LogP contribution in [-0.2, 0) is 0 Å². The molecule has 0 bridgehead atoms. The van der Waals surface area contributed by atoms with Crippen molar-refractivity contribution < 1.29 is 17.9 Å². The Bertz CT molecular complexity index is 1460. The fourth-order valence-electron chi connectivity index (χ4n) is 3.72. The van der Waals surface area contributed by atoms with Crippen molar-refractivity contribution in [1.82, 2.24) is 9.97 Å². The van der Waals surface area contributed by atoms with Gasteiger partial charge in [0.15, 0.2) is 5.75 Å². The van der Waals surface area contributed by atoms with Gasteiger partial charge in [0.1, 0.15) is 24.2 Å². The van der Waals surface area contributed by atoms with Crippen LogP contribution in [0.3, 0.4) is 0 Å². The van der Waals surface area contributed by atoms with Gasteiger partial charge in [-0.1, -0.05) is 29.8 Å². The van der Waals surface area contributed by atoms with Crippen LogP contribution in [0.25, 0.3) is 22.2 Å². The Kier molecular flexibility index (Phi) is 8.32. The van der Waals surface area contributed by atoms with Crippen molar-refractivity contribution in [2.75, 3.05) is 30.2 Å². The number of hydrogen-bond donors (Lipinski definition) is 0. The summed E-state index contributed by atoms with van der Waals surface area (Å²) in [6.07, 6.45) is -0.896. The van der Waals surface area contributed by atoms with Gasteiger partial charge < -0.3 is 9.64 Å². The zero-order valence-corrected chi connectivity index (χ0v) is 21.7. The monoisotopic (exact) mass is 562 g/mol. The van der Waals surface area contributed by atoms with E-state index in [1.54, 1.807) is 30.5 Å². The second-order valence-corrected chi connectivity index (χ2v) is 9.43. The fourth-order valence-corrected chi connectivity index (χ4v) is 4.41. The number of hydrogen-bond acceptors (Lipinski definition) is 6. The highest BCUT2D eigenvalue weighted by molar-refractivity contribution is 7.98. The van der Waals surface area contributed by atoms with Crippen molar-refractivity contribution in [3.05, 3.63) is 71.4 Å². The molecule has 3 aromatic carbocycles. The zero-order chi connectivity index (χ0) is 26.6. The summed E-state index contributed by atoms with van der Waals surface area (Å²) in [7, 11) is 0. The highest BCUT2D eigenvalue weighted by atomic mass is 35.5. The molecule has 0 amide bonds. The van der Waals surface area contributed by atoms with Gasteiger partial charge >= 0.3 is 6.18 Å². The lowest BCUT2D eigenvalue weighted by Crippen LogP contribution is -2.30. The number of fused-ring (bicyclic) bond motifs is 1. The van der Waals surface area contributed by atoms with E-state index in [1.807, 2.05) is 30.5 Å². The topological polar surface area (TPSA) is 62.0 Å². The molecular weight excluding hydrogens is 544 g/mol. The summed E-state index contributed by atoms with van der Waals surface area (Å²) in [5.74, 6) is 0.248. The van der Waals surface area contributed by atoms with E-state index in [1.165, 1.54) is 23.9 Å². The van der Waals surface area contributed by atoms with Crippen LogP contribution < -0.4 is 9.64 Å². The lowest BCUT2D eigenvalue weighted by atomic mass is 10.0. The molecule has 11 heteroatoms. The number of ether oxygens (including phenoxy) is 1. The first-order valence-corrected chi connectivity index (χ1v) is 13.0. The Morgan fingerprint density at radius 1 is 1.03 bits per heavy atom.